The van der Waals surface area contributed by atoms with Crippen LogP contribution in [-0.2, 0) is 6.42 Å². The molecule has 0 aliphatic heterocycles. The molecule has 6 nitrogen and oxygen atoms in total. The van der Waals surface area contributed by atoms with Gasteiger partial charge >= 0.3 is 0 Å². The number of carbonyl (C=O) groups excluding carboxylic acids is 1. The minimum atomic E-state index is -0.641. The van der Waals surface area contributed by atoms with Gasteiger partial charge in [0.05, 0.1) is 13.2 Å². The van der Waals surface area contributed by atoms with Crippen LogP contribution in [0.5, 0.6) is 11.5 Å². The molecule has 0 saturated heterocycles. The van der Waals surface area contributed by atoms with Crippen LogP contribution in [0.25, 0.3) is 0 Å². The van der Waals surface area contributed by atoms with E-state index >= 15 is 0 Å². The van der Waals surface area contributed by atoms with Gasteiger partial charge in [0.2, 0.25) is 0 Å². The predicted octanol–water partition coefficient (Wildman–Crippen LogP) is 4.03. The summed E-state index contributed by atoms with van der Waals surface area (Å²) in [7, 11) is 0. The summed E-state index contributed by atoms with van der Waals surface area (Å²) in [6.07, 6.45) is 1.85. The molecule has 2 aromatic carbocycles. The number of aliphatic hydroxyl groups excluding tert-OH is 1. The fourth-order valence-corrected chi connectivity index (χ4v) is 3.56. The number of anilines is 1. The Morgan fingerprint density at radius 1 is 1.13 bits per heavy atom. The van der Waals surface area contributed by atoms with Crippen molar-refractivity contribution in [2.45, 2.75) is 13.3 Å². The summed E-state index contributed by atoms with van der Waals surface area (Å²) < 4.78 is 37.6. The molecule has 0 aliphatic rings. The molecule has 0 atom stereocenters. The summed E-state index contributed by atoms with van der Waals surface area (Å²) in [6.45, 7) is 2.16. The molecule has 2 N–H and O–H groups in total. The molecule has 3 rings (SSSR count). The highest BCUT2D eigenvalue weighted by atomic mass is 32.1. The van der Waals surface area contributed by atoms with Crippen molar-refractivity contribution in [2.24, 2.45) is 0 Å². The van der Waals surface area contributed by atoms with Gasteiger partial charge < -0.3 is 14.6 Å². The van der Waals surface area contributed by atoms with E-state index in [9.17, 15) is 13.6 Å². The summed E-state index contributed by atoms with van der Waals surface area (Å²) in [5, 5.41) is 12.0. The fraction of sp³-hybridized carbons (Fsp3) is 0.238. The van der Waals surface area contributed by atoms with Crippen molar-refractivity contribution in [1.82, 2.24) is 4.98 Å². The van der Waals surface area contributed by atoms with E-state index in [1.165, 1.54) is 29.5 Å². The van der Waals surface area contributed by atoms with Crippen molar-refractivity contribution >= 4 is 22.4 Å². The molecule has 0 saturated carbocycles. The summed E-state index contributed by atoms with van der Waals surface area (Å²) in [5.74, 6) is -0.854. The zero-order valence-corrected chi connectivity index (χ0v) is 17.0. The number of thiazole rings is 1. The van der Waals surface area contributed by atoms with E-state index in [0.29, 0.717) is 40.8 Å². The molecular weight excluding hydrogens is 414 g/mol. The van der Waals surface area contributed by atoms with Gasteiger partial charge in [-0.3, -0.25) is 10.1 Å². The highest BCUT2D eigenvalue weighted by molar-refractivity contribution is 7.15. The Balaban J connectivity index is 1.70. The normalized spacial score (nSPS) is 10.7. The van der Waals surface area contributed by atoms with Crippen LogP contribution >= 0.6 is 11.3 Å². The van der Waals surface area contributed by atoms with Crippen molar-refractivity contribution in [3.8, 4) is 11.5 Å². The van der Waals surface area contributed by atoms with E-state index in [4.69, 9.17) is 14.6 Å². The molecule has 0 unspecified atom stereocenters. The van der Waals surface area contributed by atoms with Crippen LogP contribution in [0.2, 0.25) is 0 Å². The number of amides is 1. The van der Waals surface area contributed by atoms with Gasteiger partial charge in [-0.05, 0) is 42.8 Å². The van der Waals surface area contributed by atoms with Crippen LogP contribution in [0, 0.1) is 11.6 Å². The number of carbonyl (C=O) groups is 1. The van der Waals surface area contributed by atoms with Crippen molar-refractivity contribution in [2.75, 3.05) is 25.1 Å². The van der Waals surface area contributed by atoms with Gasteiger partial charge in [-0.1, -0.05) is 0 Å². The Bertz CT molecular complexity index is 1010. The van der Waals surface area contributed by atoms with Crippen LogP contribution in [0.1, 0.15) is 27.7 Å². The van der Waals surface area contributed by atoms with Gasteiger partial charge in [-0.25, -0.2) is 13.8 Å². The monoisotopic (exact) mass is 434 g/mol. The van der Waals surface area contributed by atoms with E-state index in [1.54, 1.807) is 18.3 Å². The average Bonchev–Trinajstić information content (AvgIpc) is 3.13. The third-order valence-electron chi connectivity index (χ3n) is 3.93. The average molecular weight is 434 g/mol. The molecule has 0 spiro atoms. The fourth-order valence-electron chi connectivity index (χ4n) is 2.72. The van der Waals surface area contributed by atoms with E-state index in [1.807, 2.05) is 6.92 Å². The molecule has 0 fully saturated rings. The number of aliphatic hydroxyl groups is 1. The molecule has 0 radical (unpaired) electrons. The first kappa shape index (κ1) is 21.7. The van der Waals surface area contributed by atoms with Crippen LogP contribution < -0.4 is 14.8 Å². The van der Waals surface area contributed by atoms with Crippen LogP contribution in [0.15, 0.2) is 42.6 Å². The zero-order chi connectivity index (χ0) is 21.5. The maximum Gasteiger partial charge on any atom is 0.257 e. The maximum atomic E-state index is 13.3. The number of hydrogen-bond donors (Lipinski definition) is 2. The maximum absolute atomic E-state index is 13.3. The van der Waals surface area contributed by atoms with E-state index < -0.39 is 17.5 Å². The molecule has 0 bridgehead atoms. The van der Waals surface area contributed by atoms with Gasteiger partial charge in [-0.15, -0.1) is 11.3 Å². The smallest absolute Gasteiger partial charge is 0.257 e. The third kappa shape index (κ3) is 5.74. The first-order valence-electron chi connectivity index (χ1n) is 9.20. The van der Waals surface area contributed by atoms with Crippen LogP contribution in [-0.4, -0.2) is 35.8 Å². The third-order valence-corrected chi connectivity index (χ3v) is 4.84. The molecule has 9 heteroatoms. The molecule has 158 valence electrons. The lowest BCUT2D eigenvalue weighted by molar-refractivity contribution is 0.102. The molecule has 1 heterocycles. The van der Waals surface area contributed by atoms with E-state index in [0.717, 1.165) is 10.9 Å². The number of ether oxygens (including phenoxy) is 2. The number of halogens is 2. The zero-order valence-electron chi connectivity index (χ0n) is 16.2. The van der Waals surface area contributed by atoms with Gasteiger partial charge in [0.1, 0.15) is 18.2 Å². The van der Waals surface area contributed by atoms with E-state index in [2.05, 4.69) is 10.3 Å². The van der Waals surface area contributed by atoms with Gasteiger partial charge in [0.15, 0.2) is 16.6 Å². The number of hydrogen-bond acceptors (Lipinski definition) is 6. The minimum Gasteiger partial charge on any atom is -0.490 e. The van der Waals surface area contributed by atoms with Crippen LogP contribution in [0.4, 0.5) is 13.9 Å². The number of nitrogens with one attached hydrogen (secondary N) is 1. The Kier molecular flexibility index (Phi) is 7.31. The van der Waals surface area contributed by atoms with Gasteiger partial charge in [0.25, 0.3) is 5.91 Å². The van der Waals surface area contributed by atoms with Gasteiger partial charge in [-0.2, -0.15) is 0 Å². The van der Waals surface area contributed by atoms with Crippen molar-refractivity contribution in [3.05, 3.63) is 70.2 Å². The summed E-state index contributed by atoms with van der Waals surface area (Å²) in [6, 6.07) is 8.08. The minimum absolute atomic E-state index is 0.0711. The summed E-state index contributed by atoms with van der Waals surface area (Å²) >= 11 is 1.21. The Hall–Kier alpha value is -3.04. The summed E-state index contributed by atoms with van der Waals surface area (Å²) in [4.78, 5) is 17.5. The SMILES string of the molecule is CCOc1ccc(C(=O)Nc2ncc(Cc3cc(F)cc(F)c3)s2)cc1OCCO. The highest BCUT2D eigenvalue weighted by Gasteiger charge is 2.14. The molecule has 0 aliphatic carbocycles. The number of rotatable bonds is 9. The second-order valence-corrected chi connectivity index (χ2v) is 7.32. The Morgan fingerprint density at radius 3 is 2.60 bits per heavy atom. The molecule has 3 aromatic rings. The number of aromatic nitrogens is 1. The summed E-state index contributed by atoms with van der Waals surface area (Å²) in [5.41, 5.74) is 0.807. The second-order valence-electron chi connectivity index (χ2n) is 6.21. The lowest BCUT2D eigenvalue weighted by Gasteiger charge is -2.12. The van der Waals surface area contributed by atoms with Crippen molar-refractivity contribution < 1.29 is 28.2 Å². The quantitative estimate of drug-likeness (QED) is 0.532. The van der Waals surface area contributed by atoms with Crippen LogP contribution in [0.3, 0.4) is 0 Å². The molecule has 1 amide bonds. The largest absolute Gasteiger partial charge is 0.490 e. The number of nitrogens with zero attached hydrogens (tertiary/aromatic N) is 1. The topological polar surface area (TPSA) is 80.7 Å². The second kappa shape index (κ2) is 10.1. The lowest BCUT2D eigenvalue weighted by atomic mass is 10.1. The van der Waals surface area contributed by atoms with Gasteiger partial charge in [0, 0.05) is 29.1 Å². The first-order valence-corrected chi connectivity index (χ1v) is 10.0. The number of benzene rings is 2. The molecular formula is C21H20F2N2O4S. The highest BCUT2D eigenvalue weighted by Crippen LogP contribution is 2.29. The van der Waals surface area contributed by atoms with Crippen molar-refractivity contribution in [1.29, 1.82) is 0 Å². The Labute approximate surface area is 176 Å². The predicted molar refractivity (Wildman–Crippen MR) is 109 cm³/mol. The lowest BCUT2D eigenvalue weighted by Crippen LogP contribution is -2.12. The standard InChI is InChI=1S/C21H20F2N2O4S/c1-2-28-18-4-3-14(10-19(18)29-6-5-26)20(27)25-21-24-12-17(30-21)9-13-7-15(22)11-16(23)8-13/h3-4,7-8,10-12,26H,2,5-6,9H2,1H3,(H,24,25,27). The Morgan fingerprint density at radius 2 is 1.90 bits per heavy atom. The first-order chi connectivity index (χ1) is 14.5. The van der Waals surface area contributed by atoms with Crippen molar-refractivity contribution in [3.63, 3.8) is 0 Å². The van der Waals surface area contributed by atoms with E-state index in [-0.39, 0.29) is 13.2 Å². The molecule has 1 aromatic heterocycles. The molecule has 30 heavy (non-hydrogen) atoms.